The number of furan rings is 1. The molecule has 0 aliphatic heterocycles. The van der Waals surface area contributed by atoms with Gasteiger partial charge in [0.15, 0.2) is 0 Å². The van der Waals surface area contributed by atoms with Crippen LogP contribution in [0.4, 0.5) is 0 Å². The Morgan fingerprint density at radius 1 is 0.263 bits per heavy atom. The molecule has 0 bridgehead atoms. The molecule has 0 fully saturated rings. The van der Waals surface area contributed by atoms with Gasteiger partial charge in [-0.3, -0.25) is 0 Å². The van der Waals surface area contributed by atoms with E-state index in [4.69, 9.17) is 114 Å². The third-order valence-electron chi connectivity index (χ3n) is 11.3. The molecule has 0 aliphatic rings. The Hall–Kier alpha value is -4.75. The highest BCUT2D eigenvalue weighted by Crippen LogP contribution is 2.45. The number of fused-ring (bicyclic) bond motifs is 6. The van der Waals surface area contributed by atoms with E-state index in [9.17, 15) is 0 Å². The summed E-state index contributed by atoms with van der Waals surface area (Å²) in [5.74, 6) is 0. The molecule has 1 nitrogen and oxygen atoms in total. The third-order valence-corrected chi connectivity index (χ3v) is 11.3. The molecule has 8 aromatic carbocycles. The molecule has 0 atom stereocenters. The van der Waals surface area contributed by atoms with Crippen molar-refractivity contribution in [3.63, 3.8) is 0 Å². The second-order valence-corrected chi connectivity index (χ2v) is 14.2. The molecular weight excluding hydrogens is 672 g/mol. The minimum Gasteiger partial charge on any atom is -0.456 e. The Morgan fingerprint density at radius 3 is 1.14 bits per heavy atom. The lowest BCUT2D eigenvalue weighted by Gasteiger charge is -2.26. The first kappa shape index (κ1) is 37.8. The molecule has 1 heterocycles. The summed E-state index contributed by atoms with van der Waals surface area (Å²) in [4.78, 5) is 0. The van der Waals surface area contributed by atoms with Crippen LogP contribution in [0.3, 0.4) is 0 Å². The van der Waals surface area contributed by atoms with Crippen molar-refractivity contribution in [1.82, 2.24) is 0 Å². The number of benzene rings is 8. The standard InChI is InChI=1S/C42H12B14O/c43-27-20(22-23(29(45)34(27)50)30(46)37(53)36(52)28(22)44)14-7-5-6-13(12-14)19-15-8-1-3-10-17(15)21(18-11-4-2-9-16(18)19)24-31(47)35(51)32(48)25-26-33(49)38(54)39(55)40(56)42(26)57-41(24)25/h1-12H. The SMILES string of the molecule is [B]c1c([B])c([B])c2c(oc3c(-c4c5ccccc5c(-c5cccc(-c6c([B])c([B])c([B])c7c([B])c([B])c([B])c([B])c67)c5)c5ccccc45)c([B])c([B])c([B])c32)c1[B]. The molecule has 0 amide bonds. The molecule has 228 valence electrons. The van der Waals surface area contributed by atoms with Gasteiger partial charge in [-0.2, -0.15) is 0 Å². The van der Waals surface area contributed by atoms with Crippen LogP contribution in [0.5, 0.6) is 0 Å². The van der Waals surface area contributed by atoms with E-state index in [0.717, 1.165) is 38.2 Å². The molecule has 0 unspecified atom stereocenters. The molecular formula is C42H12B14O. The van der Waals surface area contributed by atoms with Crippen LogP contribution < -0.4 is 76.5 Å². The fourth-order valence-corrected chi connectivity index (χ4v) is 8.40. The second-order valence-electron chi connectivity index (χ2n) is 14.2. The van der Waals surface area contributed by atoms with Crippen molar-refractivity contribution in [1.29, 1.82) is 0 Å². The molecule has 0 spiro atoms. The zero-order valence-electron chi connectivity index (χ0n) is 30.4. The van der Waals surface area contributed by atoms with Gasteiger partial charge in [-0.15, -0.1) is 32.8 Å². The van der Waals surface area contributed by atoms with E-state index < -0.39 is 0 Å². The Bertz CT molecular complexity index is 3230. The molecule has 0 aliphatic carbocycles. The summed E-state index contributed by atoms with van der Waals surface area (Å²) in [7, 11) is 91.4. The van der Waals surface area contributed by atoms with Crippen LogP contribution in [-0.2, 0) is 0 Å². The van der Waals surface area contributed by atoms with Crippen molar-refractivity contribution >= 4 is 241 Å². The third kappa shape index (κ3) is 5.16. The fraction of sp³-hybridized carbons (Fsp3) is 0. The molecule has 28 radical (unpaired) electrons. The van der Waals surface area contributed by atoms with Crippen LogP contribution in [0.15, 0.2) is 77.2 Å². The Labute approximate surface area is 349 Å². The van der Waals surface area contributed by atoms with Crippen molar-refractivity contribution in [2.24, 2.45) is 0 Å². The zero-order valence-corrected chi connectivity index (χ0v) is 30.4. The molecule has 57 heavy (non-hydrogen) atoms. The van der Waals surface area contributed by atoms with Gasteiger partial charge in [-0.25, -0.2) is 0 Å². The van der Waals surface area contributed by atoms with Crippen molar-refractivity contribution in [3.8, 4) is 33.4 Å². The molecule has 0 saturated carbocycles. The van der Waals surface area contributed by atoms with Gasteiger partial charge in [0.2, 0.25) is 0 Å². The van der Waals surface area contributed by atoms with E-state index in [2.05, 4.69) is 0 Å². The highest BCUT2D eigenvalue weighted by molar-refractivity contribution is 6.72. The van der Waals surface area contributed by atoms with Crippen LogP contribution in [-0.4, -0.2) is 110 Å². The quantitative estimate of drug-likeness (QED) is 0.135. The average Bonchev–Trinajstić information content (AvgIpc) is 3.62. The summed E-state index contributed by atoms with van der Waals surface area (Å²) < 4.78 is 6.55. The first-order valence-corrected chi connectivity index (χ1v) is 17.7. The van der Waals surface area contributed by atoms with Gasteiger partial charge in [0.1, 0.15) is 121 Å². The highest BCUT2D eigenvalue weighted by Gasteiger charge is 2.26. The number of hydrogen-bond donors (Lipinski definition) is 0. The first-order valence-electron chi connectivity index (χ1n) is 17.7. The Morgan fingerprint density at radius 2 is 0.632 bits per heavy atom. The molecule has 9 rings (SSSR count). The number of rotatable bonds is 3. The van der Waals surface area contributed by atoms with E-state index in [0.29, 0.717) is 43.8 Å². The smallest absolute Gasteiger partial charge is 0.141 e. The average molecular weight is 684 g/mol. The molecule has 15 heteroatoms. The minimum atomic E-state index is 0.0952. The summed E-state index contributed by atoms with van der Waals surface area (Å²) in [6.07, 6.45) is 0. The molecule has 0 saturated heterocycles. The Kier molecular flexibility index (Phi) is 8.89. The van der Waals surface area contributed by atoms with E-state index in [1.165, 1.54) is 0 Å². The van der Waals surface area contributed by atoms with E-state index in [-0.39, 0.29) is 82.1 Å². The van der Waals surface area contributed by atoms with Gasteiger partial charge in [-0.1, -0.05) is 110 Å². The summed E-state index contributed by atoms with van der Waals surface area (Å²) in [5, 5.41) is 5.05. The van der Waals surface area contributed by atoms with Crippen molar-refractivity contribution in [2.45, 2.75) is 0 Å². The van der Waals surface area contributed by atoms with E-state index in [1.807, 2.05) is 72.8 Å². The molecule has 1 aromatic heterocycles. The van der Waals surface area contributed by atoms with Crippen molar-refractivity contribution in [2.75, 3.05) is 0 Å². The van der Waals surface area contributed by atoms with E-state index >= 15 is 0 Å². The maximum atomic E-state index is 6.94. The fourth-order valence-electron chi connectivity index (χ4n) is 8.40. The van der Waals surface area contributed by atoms with Gasteiger partial charge in [0.05, 0.1) is 0 Å². The predicted molar refractivity (Wildman–Crippen MR) is 258 cm³/mol. The van der Waals surface area contributed by atoms with Gasteiger partial charge < -0.3 is 4.42 Å². The van der Waals surface area contributed by atoms with Crippen LogP contribution in [0.25, 0.3) is 87.6 Å². The van der Waals surface area contributed by atoms with Gasteiger partial charge in [-0.05, 0) is 60.6 Å². The maximum Gasteiger partial charge on any atom is 0.141 e. The highest BCUT2D eigenvalue weighted by atomic mass is 16.3. The summed E-state index contributed by atoms with van der Waals surface area (Å²) in [6, 6.07) is 23.7. The van der Waals surface area contributed by atoms with Gasteiger partial charge in [0, 0.05) is 21.9 Å². The lowest BCUT2D eigenvalue weighted by Crippen LogP contribution is -2.52. The van der Waals surface area contributed by atoms with Crippen LogP contribution in [0, 0.1) is 0 Å². The van der Waals surface area contributed by atoms with Crippen LogP contribution in [0.2, 0.25) is 0 Å². The maximum absolute atomic E-state index is 6.94. The summed E-state index contributed by atoms with van der Waals surface area (Å²) in [5.41, 5.74) is 6.82. The second kappa shape index (κ2) is 13.4. The summed E-state index contributed by atoms with van der Waals surface area (Å²) in [6.45, 7) is 0. The zero-order chi connectivity index (χ0) is 40.5. The van der Waals surface area contributed by atoms with Gasteiger partial charge >= 0.3 is 0 Å². The minimum absolute atomic E-state index is 0.0952. The normalized spacial score (nSPS) is 11.8. The number of hydrogen-bond acceptors (Lipinski definition) is 1. The van der Waals surface area contributed by atoms with Crippen molar-refractivity contribution in [3.05, 3.63) is 72.8 Å². The van der Waals surface area contributed by atoms with Crippen LogP contribution >= 0.6 is 0 Å². The monoisotopic (exact) mass is 686 g/mol. The molecule has 9 aromatic rings. The lowest BCUT2D eigenvalue weighted by molar-refractivity contribution is 0.673. The van der Waals surface area contributed by atoms with E-state index in [1.54, 1.807) is 0 Å². The first-order chi connectivity index (χ1) is 27.2. The predicted octanol–water partition coefficient (Wildman–Crippen LogP) is -4.84. The van der Waals surface area contributed by atoms with Crippen LogP contribution in [0.1, 0.15) is 0 Å². The molecule has 0 N–H and O–H groups in total. The largest absolute Gasteiger partial charge is 0.456 e. The topological polar surface area (TPSA) is 13.1 Å². The Balaban J connectivity index is 1.40. The van der Waals surface area contributed by atoms with Crippen molar-refractivity contribution < 1.29 is 4.42 Å². The van der Waals surface area contributed by atoms with Gasteiger partial charge in [0.25, 0.3) is 0 Å². The lowest BCUT2D eigenvalue weighted by atomic mass is 9.59. The summed E-state index contributed by atoms with van der Waals surface area (Å²) >= 11 is 0.